The third kappa shape index (κ3) is 2.29. The standard InChI is InChI=1S/C21H26N2O2/c22-20-17-6-16(15-1-2-15)18(7-19(17)25-23-20)24-11-21-8-12-3-13(9-21)5-14(4-12)10-21/h6-7,12-15H,1-5,8-11H2,(H2,22,23). The average molecular weight is 338 g/mol. The number of rotatable bonds is 4. The van der Waals surface area contributed by atoms with Crippen LogP contribution in [0.4, 0.5) is 5.82 Å². The lowest BCUT2D eigenvalue weighted by atomic mass is 9.50. The summed E-state index contributed by atoms with van der Waals surface area (Å²) >= 11 is 0. The molecule has 4 bridgehead atoms. The summed E-state index contributed by atoms with van der Waals surface area (Å²) in [6.45, 7) is 0.880. The fraction of sp³-hybridized carbons (Fsp3) is 0.667. The van der Waals surface area contributed by atoms with E-state index in [2.05, 4.69) is 11.2 Å². The Morgan fingerprint density at radius 2 is 1.76 bits per heavy atom. The third-order valence-corrected chi connectivity index (χ3v) is 7.35. The maximum Gasteiger partial charge on any atom is 0.174 e. The van der Waals surface area contributed by atoms with Crippen molar-refractivity contribution in [2.75, 3.05) is 12.3 Å². The fourth-order valence-electron chi connectivity index (χ4n) is 6.54. The van der Waals surface area contributed by atoms with Crippen LogP contribution in [0.2, 0.25) is 0 Å². The number of aromatic nitrogens is 1. The lowest BCUT2D eigenvalue weighted by Crippen LogP contribution is -2.48. The highest BCUT2D eigenvalue weighted by Crippen LogP contribution is 2.60. The molecule has 7 rings (SSSR count). The van der Waals surface area contributed by atoms with Gasteiger partial charge in [-0.25, -0.2) is 0 Å². The number of benzene rings is 1. The summed E-state index contributed by atoms with van der Waals surface area (Å²) in [6.07, 6.45) is 11.1. The molecule has 25 heavy (non-hydrogen) atoms. The largest absolute Gasteiger partial charge is 0.493 e. The van der Waals surface area contributed by atoms with E-state index in [0.29, 0.717) is 17.2 Å². The highest BCUT2D eigenvalue weighted by atomic mass is 16.5. The maximum atomic E-state index is 6.51. The van der Waals surface area contributed by atoms with Crippen molar-refractivity contribution >= 4 is 16.8 Å². The molecule has 2 aromatic rings. The van der Waals surface area contributed by atoms with E-state index in [4.69, 9.17) is 15.0 Å². The lowest BCUT2D eigenvalue weighted by Gasteiger charge is -2.56. The number of fused-ring (bicyclic) bond motifs is 1. The van der Waals surface area contributed by atoms with Gasteiger partial charge in [-0.3, -0.25) is 0 Å². The number of hydrogen-bond donors (Lipinski definition) is 1. The molecule has 1 aromatic carbocycles. The molecule has 2 N–H and O–H groups in total. The molecular weight excluding hydrogens is 312 g/mol. The molecule has 0 unspecified atom stereocenters. The number of ether oxygens (including phenoxy) is 1. The van der Waals surface area contributed by atoms with Crippen LogP contribution in [0.5, 0.6) is 5.75 Å². The van der Waals surface area contributed by atoms with E-state index in [1.807, 2.05) is 6.07 Å². The average Bonchev–Trinajstić information content (AvgIpc) is 3.36. The first-order valence-electron chi connectivity index (χ1n) is 9.99. The summed E-state index contributed by atoms with van der Waals surface area (Å²) in [5.74, 6) is 5.04. The van der Waals surface area contributed by atoms with Gasteiger partial charge >= 0.3 is 0 Å². The Balaban J connectivity index is 1.30. The molecule has 0 radical (unpaired) electrons. The first-order chi connectivity index (χ1) is 12.2. The maximum absolute atomic E-state index is 6.51. The van der Waals surface area contributed by atoms with Crippen molar-refractivity contribution in [1.29, 1.82) is 0 Å². The minimum absolute atomic E-state index is 0.435. The molecule has 5 saturated carbocycles. The molecule has 0 spiro atoms. The lowest BCUT2D eigenvalue weighted by molar-refractivity contribution is -0.0746. The van der Waals surface area contributed by atoms with Gasteiger partial charge in [0, 0.05) is 11.5 Å². The van der Waals surface area contributed by atoms with Gasteiger partial charge in [0.05, 0.1) is 12.0 Å². The Kier molecular flexibility index (Phi) is 2.85. The van der Waals surface area contributed by atoms with Crippen LogP contribution in [0.3, 0.4) is 0 Å². The molecule has 1 aromatic heterocycles. The number of hydrogen-bond acceptors (Lipinski definition) is 4. The van der Waals surface area contributed by atoms with E-state index >= 15 is 0 Å². The van der Waals surface area contributed by atoms with Crippen molar-refractivity contribution in [3.05, 3.63) is 17.7 Å². The Hall–Kier alpha value is -1.71. The summed E-state index contributed by atoms with van der Waals surface area (Å²) in [6, 6.07) is 4.20. The number of anilines is 1. The zero-order valence-corrected chi connectivity index (χ0v) is 14.7. The molecule has 5 aliphatic rings. The smallest absolute Gasteiger partial charge is 0.174 e. The normalized spacial score (nSPS) is 36.2. The van der Waals surface area contributed by atoms with E-state index in [1.165, 1.54) is 56.9 Å². The van der Waals surface area contributed by atoms with Crippen LogP contribution < -0.4 is 10.5 Å². The van der Waals surface area contributed by atoms with Gasteiger partial charge in [-0.15, -0.1) is 0 Å². The highest BCUT2D eigenvalue weighted by molar-refractivity contribution is 5.89. The van der Waals surface area contributed by atoms with Gasteiger partial charge in [0.25, 0.3) is 0 Å². The summed E-state index contributed by atoms with van der Waals surface area (Å²) in [7, 11) is 0. The van der Waals surface area contributed by atoms with Gasteiger partial charge < -0.3 is 15.0 Å². The molecular formula is C21H26N2O2. The molecule has 4 nitrogen and oxygen atoms in total. The number of nitrogens with two attached hydrogens (primary N) is 1. The number of nitrogens with zero attached hydrogens (tertiary/aromatic N) is 1. The molecule has 5 fully saturated rings. The summed E-state index contributed by atoms with van der Waals surface area (Å²) in [4.78, 5) is 0. The monoisotopic (exact) mass is 338 g/mol. The van der Waals surface area contributed by atoms with Gasteiger partial charge in [-0.2, -0.15) is 0 Å². The minimum atomic E-state index is 0.435. The van der Waals surface area contributed by atoms with Crippen LogP contribution in [-0.4, -0.2) is 11.8 Å². The zero-order valence-electron chi connectivity index (χ0n) is 14.7. The molecule has 4 heteroatoms. The number of nitrogen functional groups attached to an aromatic ring is 1. The summed E-state index contributed by atoms with van der Waals surface area (Å²) < 4.78 is 11.9. The molecule has 0 atom stereocenters. The quantitative estimate of drug-likeness (QED) is 0.863. The second-order valence-corrected chi connectivity index (χ2v) is 9.43. The zero-order chi connectivity index (χ0) is 16.6. The molecule has 132 valence electrons. The SMILES string of the molecule is Nc1noc2cc(OCC34CC5CC(CC(C5)C3)C4)c(C3CC3)cc12. The van der Waals surface area contributed by atoms with Crippen molar-refractivity contribution in [2.24, 2.45) is 23.2 Å². The first kappa shape index (κ1) is 14.5. The third-order valence-electron chi connectivity index (χ3n) is 7.35. The summed E-state index contributed by atoms with van der Waals surface area (Å²) in [5, 5.41) is 4.85. The van der Waals surface area contributed by atoms with Crippen molar-refractivity contribution in [1.82, 2.24) is 5.16 Å². The van der Waals surface area contributed by atoms with Gasteiger partial charge in [0.1, 0.15) is 5.75 Å². The van der Waals surface area contributed by atoms with E-state index < -0.39 is 0 Å². The van der Waals surface area contributed by atoms with Gasteiger partial charge in [-0.1, -0.05) is 5.16 Å². The topological polar surface area (TPSA) is 61.3 Å². The molecule has 1 heterocycles. The van der Waals surface area contributed by atoms with Crippen LogP contribution >= 0.6 is 0 Å². The fourth-order valence-corrected chi connectivity index (χ4v) is 6.54. The van der Waals surface area contributed by atoms with Crippen LogP contribution in [0.15, 0.2) is 16.7 Å². The second-order valence-electron chi connectivity index (χ2n) is 9.43. The molecule has 5 aliphatic carbocycles. The van der Waals surface area contributed by atoms with Crippen molar-refractivity contribution in [2.45, 2.75) is 57.3 Å². The predicted molar refractivity (Wildman–Crippen MR) is 96.5 cm³/mol. The summed E-state index contributed by atoms with van der Waals surface area (Å²) in [5.41, 5.74) is 8.45. The Morgan fingerprint density at radius 1 is 1.08 bits per heavy atom. The van der Waals surface area contributed by atoms with Crippen LogP contribution in [0, 0.1) is 23.2 Å². The Bertz CT molecular complexity index is 800. The van der Waals surface area contributed by atoms with Crippen molar-refractivity contribution in [3.8, 4) is 5.75 Å². The van der Waals surface area contributed by atoms with E-state index in [-0.39, 0.29) is 0 Å². The van der Waals surface area contributed by atoms with E-state index in [9.17, 15) is 0 Å². The van der Waals surface area contributed by atoms with Gasteiger partial charge in [-0.05, 0) is 86.7 Å². The second kappa shape index (κ2) is 4.93. The van der Waals surface area contributed by atoms with Crippen molar-refractivity contribution < 1.29 is 9.26 Å². The van der Waals surface area contributed by atoms with E-state index in [1.54, 1.807) is 0 Å². The van der Waals surface area contributed by atoms with Gasteiger partial charge in [0.15, 0.2) is 11.4 Å². The van der Waals surface area contributed by atoms with E-state index in [0.717, 1.165) is 41.1 Å². The minimum Gasteiger partial charge on any atom is -0.493 e. The molecule has 0 saturated heterocycles. The van der Waals surface area contributed by atoms with Crippen molar-refractivity contribution in [3.63, 3.8) is 0 Å². The van der Waals surface area contributed by atoms with Crippen LogP contribution in [0.25, 0.3) is 11.0 Å². The Labute approximate surface area is 148 Å². The van der Waals surface area contributed by atoms with Crippen LogP contribution in [-0.2, 0) is 0 Å². The molecule has 0 amide bonds. The van der Waals surface area contributed by atoms with Gasteiger partial charge in [0.2, 0.25) is 0 Å². The first-order valence-corrected chi connectivity index (χ1v) is 9.99. The predicted octanol–water partition coefficient (Wildman–Crippen LogP) is 4.88. The highest BCUT2D eigenvalue weighted by Gasteiger charge is 2.51. The Morgan fingerprint density at radius 3 is 2.40 bits per heavy atom. The molecule has 0 aliphatic heterocycles. The van der Waals surface area contributed by atoms with Crippen LogP contribution in [0.1, 0.15) is 62.8 Å².